The average Bonchev–Trinajstić information content (AvgIpc) is 2.75. The fraction of sp³-hybridized carbons (Fsp3) is 0.417. The molecule has 0 saturated carbocycles. The van der Waals surface area contributed by atoms with E-state index in [2.05, 4.69) is 4.98 Å². The van der Waals surface area contributed by atoms with Crippen molar-refractivity contribution in [1.29, 1.82) is 0 Å². The molecule has 1 aromatic carbocycles. The molecule has 2 rings (SSSR count). The van der Waals surface area contributed by atoms with Crippen LogP contribution in [0.2, 0.25) is 0 Å². The van der Waals surface area contributed by atoms with E-state index in [4.69, 9.17) is 10.2 Å². The first-order valence-corrected chi connectivity index (χ1v) is 5.30. The molecule has 2 aromatic rings. The molecule has 3 nitrogen and oxygen atoms in total. The Labute approximate surface area is 97.6 Å². The van der Waals surface area contributed by atoms with Gasteiger partial charge in [-0.05, 0) is 12.1 Å². The maximum absolute atomic E-state index is 14.2. The summed E-state index contributed by atoms with van der Waals surface area (Å²) in [6.45, 7) is 2.78. The summed E-state index contributed by atoms with van der Waals surface area (Å²) in [6, 6.07) is 4.21. The van der Waals surface area contributed by atoms with Gasteiger partial charge in [0.2, 0.25) is 0 Å². The number of oxazole rings is 1. The van der Waals surface area contributed by atoms with Gasteiger partial charge in [-0.15, -0.1) is 0 Å². The highest BCUT2D eigenvalue weighted by Gasteiger charge is 2.47. The second kappa shape index (κ2) is 3.77. The Hall–Kier alpha value is -1.49. The van der Waals surface area contributed by atoms with E-state index in [-0.39, 0.29) is 12.1 Å². The number of aromatic nitrogens is 1. The van der Waals surface area contributed by atoms with Crippen LogP contribution in [0.3, 0.4) is 0 Å². The van der Waals surface area contributed by atoms with Crippen molar-refractivity contribution in [2.45, 2.75) is 19.8 Å². The van der Waals surface area contributed by atoms with E-state index in [0.717, 1.165) is 0 Å². The summed E-state index contributed by atoms with van der Waals surface area (Å²) in [4.78, 5) is 3.89. The van der Waals surface area contributed by atoms with Gasteiger partial charge in [0.25, 0.3) is 5.92 Å². The van der Waals surface area contributed by atoms with Crippen molar-refractivity contribution >= 4 is 11.1 Å². The van der Waals surface area contributed by atoms with Gasteiger partial charge in [0, 0.05) is 17.5 Å². The lowest BCUT2D eigenvalue weighted by molar-refractivity contribution is -0.108. The molecule has 0 aliphatic heterocycles. The first-order chi connectivity index (χ1) is 7.88. The van der Waals surface area contributed by atoms with Gasteiger partial charge < -0.3 is 10.2 Å². The van der Waals surface area contributed by atoms with Crippen LogP contribution in [0.15, 0.2) is 29.0 Å². The van der Waals surface area contributed by atoms with Crippen molar-refractivity contribution < 1.29 is 13.2 Å². The van der Waals surface area contributed by atoms with Gasteiger partial charge in [-0.1, -0.05) is 19.9 Å². The summed E-state index contributed by atoms with van der Waals surface area (Å²) < 4.78 is 33.5. The summed E-state index contributed by atoms with van der Waals surface area (Å²) in [7, 11) is 0. The molecule has 0 aliphatic carbocycles. The fourth-order valence-corrected chi connectivity index (χ4v) is 1.57. The Morgan fingerprint density at radius 3 is 2.71 bits per heavy atom. The number of benzene rings is 1. The second-order valence-electron chi connectivity index (χ2n) is 4.70. The van der Waals surface area contributed by atoms with E-state index in [9.17, 15) is 8.78 Å². The molecule has 0 spiro atoms. The summed E-state index contributed by atoms with van der Waals surface area (Å²) in [6.07, 6.45) is 1.24. The summed E-state index contributed by atoms with van der Waals surface area (Å²) in [5, 5.41) is 0. The van der Waals surface area contributed by atoms with E-state index in [0.29, 0.717) is 11.1 Å². The molecule has 1 heterocycles. The van der Waals surface area contributed by atoms with Crippen LogP contribution in [-0.4, -0.2) is 11.5 Å². The molecule has 0 radical (unpaired) electrons. The van der Waals surface area contributed by atoms with Gasteiger partial charge in [0.15, 0.2) is 12.0 Å². The van der Waals surface area contributed by atoms with Crippen molar-refractivity contribution in [3.05, 3.63) is 30.2 Å². The van der Waals surface area contributed by atoms with Crippen LogP contribution in [0.4, 0.5) is 8.78 Å². The number of rotatable bonds is 3. The first kappa shape index (κ1) is 12.0. The summed E-state index contributed by atoms with van der Waals surface area (Å²) in [5.41, 5.74) is 4.92. The third kappa shape index (κ3) is 1.80. The van der Waals surface area contributed by atoms with E-state index in [1.165, 1.54) is 38.4 Å². The normalized spacial score (nSPS) is 13.2. The fourth-order valence-electron chi connectivity index (χ4n) is 1.57. The van der Waals surface area contributed by atoms with Gasteiger partial charge in [0.1, 0.15) is 5.52 Å². The van der Waals surface area contributed by atoms with Crippen LogP contribution in [0.5, 0.6) is 0 Å². The Morgan fingerprint density at radius 1 is 1.35 bits per heavy atom. The molecule has 2 N–H and O–H groups in total. The van der Waals surface area contributed by atoms with Crippen molar-refractivity contribution in [3.8, 4) is 0 Å². The molecule has 0 unspecified atom stereocenters. The number of nitrogens with zero attached hydrogens (tertiary/aromatic N) is 1. The largest absolute Gasteiger partial charge is 0.443 e. The number of fused-ring (bicyclic) bond motifs is 1. The maximum atomic E-state index is 14.2. The molecule has 0 saturated heterocycles. The Kier molecular flexibility index (Phi) is 2.66. The van der Waals surface area contributed by atoms with Crippen LogP contribution < -0.4 is 5.73 Å². The second-order valence-corrected chi connectivity index (χ2v) is 4.70. The predicted octanol–water partition coefficient (Wildman–Crippen LogP) is 2.90. The van der Waals surface area contributed by atoms with E-state index >= 15 is 0 Å². The molecule has 1 aromatic heterocycles. The minimum Gasteiger partial charge on any atom is -0.443 e. The lowest BCUT2D eigenvalue weighted by Gasteiger charge is -2.33. The molecule has 0 fully saturated rings. The quantitative estimate of drug-likeness (QED) is 0.897. The number of nitrogens with two attached hydrogens (primary N) is 1. The zero-order valence-corrected chi connectivity index (χ0v) is 9.71. The van der Waals surface area contributed by atoms with Crippen molar-refractivity contribution in [1.82, 2.24) is 4.98 Å². The first-order valence-electron chi connectivity index (χ1n) is 5.30. The predicted molar refractivity (Wildman–Crippen MR) is 60.7 cm³/mol. The third-order valence-electron chi connectivity index (χ3n) is 3.05. The van der Waals surface area contributed by atoms with Gasteiger partial charge in [-0.2, -0.15) is 0 Å². The smallest absolute Gasteiger partial charge is 0.279 e. The third-order valence-corrected chi connectivity index (χ3v) is 3.05. The standard InChI is InChI=1S/C12H14F2N2O/c1-11(2,6-15)12(13,14)8-3-4-9-10(5-8)17-7-16-9/h3-5,7H,6,15H2,1-2H3. The van der Waals surface area contributed by atoms with E-state index in [1.54, 1.807) is 0 Å². The minimum atomic E-state index is -3.01. The number of halogens is 2. The molecule has 17 heavy (non-hydrogen) atoms. The van der Waals surface area contributed by atoms with Crippen LogP contribution in [0.25, 0.3) is 11.1 Å². The molecule has 5 heteroatoms. The number of alkyl halides is 2. The molecule has 0 bridgehead atoms. The van der Waals surface area contributed by atoms with Crippen molar-refractivity contribution in [3.63, 3.8) is 0 Å². The Bertz CT molecular complexity index is 534. The zero-order valence-electron chi connectivity index (χ0n) is 9.71. The minimum absolute atomic E-state index is 0.0998. The van der Waals surface area contributed by atoms with Crippen LogP contribution in [0.1, 0.15) is 19.4 Å². The van der Waals surface area contributed by atoms with Crippen LogP contribution in [0, 0.1) is 5.41 Å². The highest BCUT2D eigenvalue weighted by Crippen LogP contribution is 2.44. The molecular weight excluding hydrogens is 226 g/mol. The van der Waals surface area contributed by atoms with Gasteiger partial charge in [0.05, 0.1) is 0 Å². The lowest BCUT2D eigenvalue weighted by atomic mass is 9.81. The average molecular weight is 240 g/mol. The molecule has 0 amide bonds. The van der Waals surface area contributed by atoms with Gasteiger partial charge in [-0.3, -0.25) is 0 Å². The topological polar surface area (TPSA) is 52.0 Å². The van der Waals surface area contributed by atoms with Crippen LogP contribution in [-0.2, 0) is 5.92 Å². The van der Waals surface area contributed by atoms with Crippen molar-refractivity contribution in [2.24, 2.45) is 11.1 Å². The lowest BCUT2D eigenvalue weighted by Crippen LogP contribution is -2.40. The highest BCUT2D eigenvalue weighted by molar-refractivity contribution is 5.73. The Morgan fingerprint density at radius 2 is 2.06 bits per heavy atom. The van der Waals surface area contributed by atoms with E-state index in [1.807, 2.05) is 0 Å². The molecule has 0 aliphatic rings. The van der Waals surface area contributed by atoms with Gasteiger partial charge in [-0.25, -0.2) is 13.8 Å². The number of hydrogen-bond acceptors (Lipinski definition) is 3. The SMILES string of the molecule is CC(C)(CN)C(F)(F)c1ccc2ncoc2c1. The van der Waals surface area contributed by atoms with E-state index < -0.39 is 11.3 Å². The maximum Gasteiger partial charge on any atom is 0.279 e. The molecule has 92 valence electrons. The monoisotopic (exact) mass is 240 g/mol. The summed E-state index contributed by atoms with van der Waals surface area (Å²) in [5.74, 6) is -3.01. The van der Waals surface area contributed by atoms with Crippen LogP contribution >= 0.6 is 0 Å². The number of hydrogen-bond donors (Lipinski definition) is 1. The van der Waals surface area contributed by atoms with Crippen molar-refractivity contribution in [2.75, 3.05) is 6.54 Å². The zero-order chi connectivity index (χ0) is 12.7. The summed E-state index contributed by atoms with van der Waals surface area (Å²) >= 11 is 0. The van der Waals surface area contributed by atoms with Gasteiger partial charge >= 0.3 is 0 Å². The highest BCUT2D eigenvalue weighted by atomic mass is 19.3. The molecular formula is C12H14F2N2O. The molecule has 0 atom stereocenters. The Balaban J connectivity index is 2.51.